The lowest BCUT2D eigenvalue weighted by molar-refractivity contribution is 0.430. The highest BCUT2D eigenvalue weighted by Gasteiger charge is 2.18. The number of nitrogens with zero attached hydrogens (tertiary/aromatic N) is 3. The Labute approximate surface area is 124 Å². The average Bonchev–Trinajstić information content (AvgIpc) is 2.79. The molecule has 0 spiro atoms. The molecule has 22 heavy (non-hydrogen) atoms. The first-order valence-electron chi connectivity index (χ1n) is 6.47. The summed E-state index contributed by atoms with van der Waals surface area (Å²) in [6, 6.07) is 12.9. The Bertz CT molecular complexity index is 925. The second-order valence-electron chi connectivity index (χ2n) is 4.78. The molecule has 1 N–H and O–H groups in total. The first-order valence-corrected chi connectivity index (χ1v) is 6.47. The number of hydrogen-bond acceptors (Lipinski definition) is 4. The molecule has 108 valence electrons. The van der Waals surface area contributed by atoms with Crippen molar-refractivity contribution in [3.8, 4) is 11.9 Å². The number of nitriles is 1. The number of aromatic hydroxyl groups is 1. The van der Waals surface area contributed by atoms with Crippen LogP contribution in [0, 0.1) is 22.1 Å². The molecule has 0 aliphatic rings. The van der Waals surface area contributed by atoms with Crippen LogP contribution in [0.15, 0.2) is 47.6 Å². The normalized spacial score (nSPS) is 10.5. The Kier molecular flexibility index (Phi) is 3.31. The van der Waals surface area contributed by atoms with E-state index in [1.54, 1.807) is 24.3 Å². The fourth-order valence-corrected chi connectivity index (χ4v) is 2.48. The van der Waals surface area contributed by atoms with Crippen LogP contribution in [0.1, 0.15) is 11.1 Å². The van der Waals surface area contributed by atoms with Crippen LogP contribution in [0.3, 0.4) is 0 Å². The molecular formula is C16H10FN3O2. The van der Waals surface area contributed by atoms with Gasteiger partial charge in [-0.25, -0.2) is 4.39 Å². The summed E-state index contributed by atoms with van der Waals surface area (Å²) in [5.74, 6) is -0.865. The van der Waals surface area contributed by atoms with Crippen LogP contribution < -0.4 is 0 Å². The third kappa shape index (κ3) is 2.09. The Morgan fingerprint density at radius 3 is 2.77 bits per heavy atom. The van der Waals surface area contributed by atoms with Crippen molar-refractivity contribution >= 4 is 16.6 Å². The van der Waals surface area contributed by atoms with E-state index in [-0.39, 0.29) is 23.5 Å². The molecule has 0 amide bonds. The smallest absolute Gasteiger partial charge is 0.222 e. The second-order valence-corrected chi connectivity index (χ2v) is 4.78. The van der Waals surface area contributed by atoms with E-state index in [0.29, 0.717) is 16.6 Å². The SMILES string of the molecule is N#Cc1ccccc1Cn1c(O)c(N=O)c2cc(F)ccc21. The molecule has 1 heterocycles. The van der Waals surface area contributed by atoms with Crippen LogP contribution in [-0.2, 0) is 6.54 Å². The summed E-state index contributed by atoms with van der Waals surface area (Å²) in [5, 5.41) is 22.3. The van der Waals surface area contributed by atoms with Crippen molar-refractivity contribution in [2.75, 3.05) is 0 Å². The van der Waals surface area contributed by atoms with Gasteiger partial charge in [0.25, 0.3) is 0 Å². The minimum atomic E-state index is -0.521. The monoisotopic (exact) mass is 295 g/mol. The van der Waals surface area contributed by atoms with Crippen LogP contribution in [0.25, 0.3) is 10.9 Å². The molecule has 2 aromatic carbocycles. The zero-order chi connectivity index (χ0) is 15.7. The van der Waals surface area contributed by atoms with Gasteiger partial charge < -0.3 is 9.67 Å². The molecule has 0 aliphatic heterocycles. The molecule has 6 heteroatoms. The Morgan fingerprint density at radius 2 is 2.05 bits per heavy atom. The van der Waals surface area contributed by atoms with E-state index in [9.17, 15) is 14.4 Å². The number of halogens is 1. The lowest BCUT2D eigenvalue weighted by atomic mass is 10.1. The fourth-order valence-electron chi connectivity index (χ4n) is 2.48. The van der Waals surface area contributed by atoms with Crippen molar-refractivity contribution < 1.29 is 9.50 Å². The quantitative estimate of drug-likeness (QED) is 0.746. The number of hydrogen-bond donors (Lipinski definition) is 1. The molecule has 1 aromatic heterocycles. The molecule has 0 saturated carbocycles. The molecule has 0 bridgehead atoms. The lowest BCUT2D eigenvalue weighted by Gasteiger charge is -2.08. The second kappa shape index (κ2) is 5.30. The van der Waals surface area contributed by atoms with Crippen LogP contribution in [0.2, 0.25) is 0 Å². The molecule has 0 fully saturated rings. The molecular weight excluding hydrogens is 285 g/mol. The maximum atomic E-state index is 13.4. The zero-order valence-corrected chi connectivity index (χ0v) is 11.3. The summed E-state index contributed by atoms with van der Waals surface area (Å²) in [6.45, 7) is 0.174. The standard InChI is InChI=1S/C16H10FN3O2/c17-12-5-6-14-13(7-12)15(19-22)16(21)20(14)9-11-4-2-1-3-10(11)8-18/h1-7,21H,9H2. The van der Waals surface area contributed by atoms with Gasteiger partial charge in [-0.15, -0.1) is 4.91 Å². The first-order chi connectivity index (χ1) is 10.7. The number of nitroso groups, excluding NO2 is 1. The van der Waals surface area contributed by atoms with Gasteiger partial charge in [0.05, 0.1) is 23.7 Å². The van der Waals surface area contributed by atoms with Crippen LogP contribution >= 0.6 is 0 Å². The highest BCUT2D eigenvalue weighted by molar-refractivity contribution is 5.95. The molecule has 0 aliphatic carbocycles. The van der Waals surface area contributed by atoms with E-state index in [1.165, 1.54) is 16.7 Å². The summed E-state index contributed by atoms with van der Waals surface area (Å²) in [5.41, 5.74) is 1.41. The van der Waals surface area contributed by atoms with E-state index in [2.05, 4.69) is 11.2 Å². The molecule has 0 atom stereocenters. The van der Waals surface area contributed by atoms with E-state index in [1.807, 2.05) is 0 Å². The van der Waals surface area contributed by atoms with Crippen LogP contribution in [0.4, 0.5) is 10.1 Å². The van der Waals surface area contributed by atoms with Crippen LogP contribution in [-0.4, -0.2) is 9.67 Å². The predicted molar refractivity (Wildman–Crippen MR) is 79.3 cm³/mol. The van der Waals surface area contributed by atoms with E-state index < -0.39 is 5.82 Å². The third-order valence-electron chi connectivity index (χ3n) is 3.53. The number of benzene rings is 2. The summed E-state index contributed by atoms with van der Waals surface area (Å²) < 4.78 is 14.8. The summed E-state index contributed by atoms with van der Waals surface area (Å²) in [4.78, 5) is 10.9. The van der Waals surface area contributed by atoms with Crippen molar-refractivity contribution in [2.45, 2.75) is 6.54 Å². The van der Waals surface area contributed by atoms with Gasteiger partial charge in [0.2, 0.25) is 5.88 Å². The Balaban J connectivity index is 2.21. The van der Waals surface area contributed by atoms with Crippen molar-refractivity contribution in [1.29, 1.82) is 5.26 Å². The van der Waals surface area contributed by atoms with Gasteiger partial charge in [-0.2, -0.15) is 5.26 Å². The van der Waals surface area contributed by atoms with Gasteiger partial charge in [0.15, 0.2) is 5.69 Å². The van der Waals surface area contributed by atoms with E-state index >= 15 is 0 Å². The predicted octanol–water partition coefficient (Wildman–Crippen LogP) is 3.80. The molecule has 3 rings (SSSR count). The topological polar surface area (TPSA) is 78.4 Å². The van der Waals surface area contributed by atoms with Crippen molar-refractivity contribution in [2.24, 2.45) is 5.18 Å². The number of aromatic nitrogens is 1. The highest BCUT2D eigenvalue weighted by Crippen LogP contribution is 2.39. The minimum absolute atomic E-state index is 0.174. The number of fused-ring (bicyclic) bond motifs is 1. The van der Waals surface area contributed by atoms with E-state index in [4.69, 9.17) is 5.26 Å². The Morgan fingerprint density at radius 1 is 1.27 bits per heavy atom. The number of rotatable bonds is 3. The highest BCUT2D eigenvalue weighted by atomic mass is 19.1. The van der Waals surface area contributed by atoms with Crippen LogP contribution in [0.5, 0.6) is 5.88 Å². The van der Waals surface area contributed by atoms with Crippen molar-refractivity contribution in [1.82, 2.24) is 4.57 Å². The largest absolute Gasteiger partial charge is 0.493 e. The first kappa shape index (κ1) is 13.8. The van der Waals surface area contributed by atoms with Gasteiger partial charge in [-0.3, -0.25) is 0 Å². The van der Waals surface area contributed by atoms with Crippen molar-refractivity contribution in [3.05, 3.63) is 64.3 Å². The van der Waals surface area contributed by atoms with Gasteiger partial charge in [-0.05, 0) is 35.0 Å². The zero-order valence-electron chi connectivity index (χ0n) is 11.3. The summed E-state index contributed by atoms with van der Waals surface area (Å²) in [6.07, 6.45) is 0. The minimum Gasteiger partial charge on any atom is -0.493 e. The molecule has 0 unspecified atom stereocenters. The van der Waals surface area contributed by atoms with Gasteiger partial charge in [-0.1, -0.05) is 18.2 Å². The third-order valence-corrected chi connectivity index (χ3v) is 3.53. The average molecular weight is 295 g/mol. The summed E-state index contributed by atoms with van der Waals surface area (Å²) in [7, 11) is 0. The maximum absolute atomic E-state index is 13.4. The fraction of sp³-hybridized carbons (Fsp3) is 0.0625. The van der Waals surface area contributed by atoms with E-state index in [0.717, 1.165) is 6.07 Å². The van der Waals surface area contributed by atoms with Gasteiger partial charge in [0, 0.05) is 5.39 Å². The molecule has 3 aromatic rings. The van der Waals surface area contributed by atoms with Gasteiger partial charge in [0.1, 0.15) is 5.82 Å². The lowest BCUT2D eigenvalue weighted by Crippen LogP contribution is -2.01. The molecule has 0 saturated heterocycles. The maximum Gasteiger partial charge on any atom is 0.222 e. The van der Waals surface area contributed by atoms with Gasteiger partial charge >= 0.3 is 0 Å². The Hall–Kier alpha value is -3.20. The summed E-state index contributed by atoms with van der Waals surface area (Å²) >= 11 is 0. The van der Waals surface area contributed by atoms with Crippen molar-refractivity contribution in [3.63, 3.8) is 0 Å². The molecule has 0 radical (unpaired) electrons. The molecule has 5 nitrogen and oxygen atoms in total.